The highest BCUT2D eigenvalue weighted by Crippen LogP contribution is 2.24. The molecule has 0 fully saturated rings. The predicted octanol–water partition coefficient (Wildman–Crippen LogP) is 3.93. The molecule has 0 aliphatic heterocycles. The average Bonchev–Trinajstić information content (AvgIpc) is 2.98. The van der Waals surface area contributed by atoms with Crippen molar-refractivity contribution in [3.63, 3.8) is 0 Å². The van der Waals surface area contributed by atoms with Crippen molar-refractivity contribution in [3.8, 4) is 6.07 Å². The van der Waals surface area contributed by atoms with Crippen LogP contribution < -0.4 is 5.32 Å². The number of nitrogens with zero attached hydrogens (tertiary/aromatic N) is 4. The number of amides is 1. The first kappa shape index (κ1) is 17.6. The van der Waals surface area contributed by atoms with Crippen LogP contribution in [0, 0.1) is 25.2 Å². The number of hydrogen-bond donors (Lipinski definition) is 1. The molecule has 2 aromatic heterocycles. The van der Waals surface area contributed by atoms with E-state index in [4.69, 9.17) is 0 Å². The first-order valence-electron chi connectivity index (χ1n) is 8.38. The summed E-state index contributed by atoms with van der Waals surface area (Å²) >= 11 is 0. The van der Waals surface area contributed by atoms with Crippen LogP contribution in [-0.2, 0) is 5.54 Å². The number of fused-ring (bicyclic) bond motifs is 1. The highest BCUT2D eigenvalue weighted by molar-refractivity contribution is 6.12. The van der Waals surface area contributed by atoms with Gasteiger partial charge in [-0.25, -0.2) is 0 Å². The van der Waals surface area contributed by atoms with Crippen LogP contribution in [0.25, 0.3) is 10.9 Å². The fourth-order valence-electron chi connectivity index (χ4n) is 2.77. The van der Waals surface area contributed by atoms with Gasteiger partial charge in [0.25, 0.3) is 5.91 Å². The van der Waals surface area contributed by atoms with Gasteiger partial charge >= 0.3 is 0 Å². The van der Waals surface area contributed by atoms with Gasteiger partial charge in [-0.1, -0.05) is 0 Å². The van der Waals surface area contributed by atoms with E-state index in [1.807, 2.05) is 46.8 Å². The van der Waals surface area contributed by atoms with E-state index in [1.54, 1.807) is 23.1 Å². The molecule has 0 saturated carbocycles. The van der Waals surface area contributed by atoms with E-state index in [-0.39, 0.29) is 17.3 Å². The van der Waals surface area contributed by atoms with Crippen molar-refractivity contribution >= 4 is 22.6 Å². The van der Waals surface area contributed by atoms with E-state index < -0.39 is 0 Å². The monoisotopic (exact) mass is 347 g/mol. The molecule has 132 valence electrons. The molecule has 6 nitrogen and oxygen atoms in total. The van der Waals surface area contributed by atoms with Crippen LogP contribution in [0.15, 0.2) is 30.6 Å². The van der Waals surface area contributed by atoms with Crippen molar-refractivity contribution in [1.29, 1.82) is 5.26 Å². The molecule has 0 saturated heterocycles. The number of rotatable bonds is 2. The van der Waals surface area contributed by atoms with Crippen LogP contribution >= 0.6 is 0 Å². The van der Waals surface area contributed by atoms with Crippen molar-refractivity contribution in [3.05, 3.63) is 52.8 Å². The number of carbonyl (C=O) groups is 1. The summed E-state index contributed by atoms with van der Waals surface area (Å²) in [6.45, 7) is 9.87. The van der Waals surface area contributed by atoms with Crippen LogP contribution in [0.5, 0.6) is 0 Å². The SMILES string of the molecule is Cc1cc(C(=O)Nc2nn(C(C)(C)C)cc2C#N)c2nccc(C)c2c1. The number of nitrogens with one attached hydrogen (secondary N) is 1. The normalized spacial score (nSPS) is 11.4. The standard InChI is InChI=1S/C20H21N5O/c1-12-8-15-13(2)6-7-22-17(15)16(9-12)19(26)23-18-14(10-21)11-25(24-18)20(3,4)5/h6-9,11H,1-5H3,(H,23,24,26). The summed E-state index contributed by atoms with van der Waals surface area (Å²) in [6, 6.07) is 7.83. The number of benzene rings is 1. The van der Waals surface area contributed by atoms with Crippen LogP contribution in [0.2, 0.25) is 0 Å². The van der Waals surface area contributed by atoms with Gasteiger partial charge in [0.15, 0.2) is 5.82 Å². The second-order valence-electron chi connectivity index (χ2n) is 7.41. The maximum atomic E-state index is 12.9. The Bertz CT molecular complexity index is 1050. The maximum absolute atomic E-state index is 12.9. The molecule has 0 aliphatic rings. The molecule has 3 rings (SSSR count). The van der Waals surface area contributed by atoms with Gasteiger partial charge in [-0.05, 0) is 63.9 Å². The van der Waals surface area contributed by atoms with E-state index in [9.17, 15) is 10.1 Å². The van der Waals surface area contributed by atoms with Gasteiger partial charge in [0.2, 0.25) is 0 Å². The van der Waals surface area contributed by atoms with Crippen LogP contribution in [0.4, 0.5) is 5.82 Å². The van der Waals surface area contributed by atoms with Crippen molar-refractivity contribution in [2.24, 2.45) is 0 Å². The number of pyridine rings is 1. The van der Waals surface area contributed by atoms with E-state index in [1.165, 1.54) is 0 Å². The average molecular weight is 347 g/mol. The molecule has 0 spiro atoms. The number of anilines is 1. The molecular formula is C20H21N5O. The highest BCUT2D eigenvalue weighted by Gasteiger charge is 2.21. The predicted molar refractivity (Wildman–Crippen MR) is 101 cm³/mol. The van der Waals surface area contributed by atoms with Gasteiger partial charge in [0.1, 0.15) is 11.6 Å². The molecule has 6 heteroatoms. The molecule has 3 aromatic rings. The lowest BCUT2D eigenvalue weighted by Gasteiger charge is -2.18. The Labute approximate surface area is 152 Å². The molecule has 0 radical (unpaired) electrons. The molecule has 26 heavy (non-hydrogen) atoms. The third-order valence-electron chi connectivity index (χ3n) is 4.21. The second-order valence-corrected chi connectivity index (χ2v) is 7.41. The first-order valence-corrected chi connectivity index (χ1v) is 8.38. The zero-order valence-corrected chi connectivity index (χ0v) is 15.6. The lowest BCUT2D eigenvalue weighted by Crippen LogP contribution is -2.22. The minimum absolute atomic E-state index is 0.259. The summed E-state index contributed by atoms with van der Waals surface area (Å²) in [4.78, 5) is 17.3. The molecular weight excluding hydrogens is 326 g/mol. The van der Waals surface area contributed by atoms with Crippen molar-refractivity contribution in [2.75, 3.05) is 5.32 Å². The summed E-state index contributed by atoms with van der Waals surface area (Å²) in [6.07, 6.45) is 3.34. The summed E-state index contributed by atoms with van der Waals surface area (Å²) < 4.78 is 1.68. The van der Waals surface area contributed by atoms with E-state index in [0.717, 1.165) is 16.5 Å². The van der Waals surface area contributed by atoms with E-state index in [2.05, 4.69) is 21.5 Å². The third kappa shape index (κ3) is 3.16. The van der Waals surface area contributed by atoms with Gasteiger partial charge < -0.3 is 5.32 Å². The Balaban J connectivity index is 2.05. The molecule has 0 aliphatic carbocycles. The molecule has 0 unspecified atom stereocenters. The number of aryl methyl sites for hydroxylation is 2. The van der Waals surface area contributed by atoms with Crippen molar-refractivity contribution in [2.45, 2.75) is 40.2 Å². The highest BCUT2D eigenvalue weighted by atomic mass is 16.1. The lowest BCUT2D eigenvalue weighted by molar-refractivity contribution is 0.102. The largest absolute Gasteiger partial charge is 0.304 e. The fourth-order valence-corrected chi connectivity index (χ4v) is 2.77. The van der Waals surface area contributed by atoms with E-state index >= 15 is 0 Å². The molecule has 0 bridgehead atoms. The second kappa shape index (κ2) is 6.26. The number of hydrogen-bond acceptors (Lipinski definition) is 4. The Hall–Kier alpha value is -3.20. The topological polar surface area (TPSA) is 83.6 Å². The van der Waals surface area contributed by atoms with Crippen LogP contribution in [0.3, 0.4) is 0 Å². The zero-order chi connectivity index (χ0) is 19.1. The minimum atomic E-state index is -0.326. The Morgan fingerprint density at radius 3 is 2.65 bits per heavy atom. The zero-order valence-electron chi connectivity index (χ0n) is 15.6. The van der Waals surface area contributed by atoms with Gasteiger partial charge in [0, 0.05) is 17.8 Å². The number of nitriles is 1. The smallest absolute Gasteiger partial charge is 0.259 e. The Morgan fingerprint density at radius 1 is 1.27 bits per heavy atom. The summed E-state index contributed by atoms with van der Waals surface area (Å²) in [5, 5.41) is 17.5. The van der Waals surface area contributed by atoms with Gasteiger partial charge in [0.05, 0.1) is 16.6 Å². The van der Waals surface area contributed by atoms with Gasteiger partial charge in [-0.3, -0.25) is 14.5 Å². The summed E-state index contributed by atoms with van der Waals surface area (Å²) in [5.41, 5.74) is 3.18. The lowest BCUT2D eigenvalue weighted by atomic mass is 10.0. The Kier molecular flexibility index (Phi) is 4.25. The fraction of sp³-hybridized carbons (Fsp3) is 0.300. The van der Waals surface area contributed by atoms with Crippen molar-refractivity contribution in [1.82, 2.24) is 14.8 Å². The van der Waals surface area contributed by atoms with E-state index in [0.29, 0.717) is 16.6 Å². The van der Waals surface area contributed by atoms with Crippen LogP contribution in [-0.4, -0.2) is 20.7 Å². The number of carbonyl (C=O) groups excluding carboxylic acids is 1. The molecule has 1 aromatic carbocycles. The van der Waals surface area contributed by atoms with Gasteiger partial charge in [-0.15, -0.1) is 0 Å². The number of aromatic nitrogens is 3. The first-order chi connectivity index (χ1) is 12.2. The van der Waals surface area contributed by atoms with Crippen LogP contribution in [0.1, 0.15) is 47.8 Å². The molecule has 0 atom stereocenters. The molecule has 1 amide bonds. The summed E-state index contributed by atoms with van der Waals surface area (Å²) in [5.74, 6) is -0.0674. The maximum Gasteiger partial charge on any atom is 0.259 e. The molecule has 1 N–H and O–H groups in total. The van der Waals surface area contributed by atoms with Crippen molar-refractivity contribution < 1.29 is 4.79 Å². The minimum Gasteiger partial charge on any atom is -0.304 e. The van der Waals surface area contributed by atoms with Gasteiger partial charge in [-0.2, -0.15) is 10.4 Å². The quantitative estimate of drug-likeness (QED) is 0.761. The molecule has 2 heterocycles. The Morgan fingerprint density at radius 2 is 2.00 bits per heavy atom. The summed E-state index contributed by atoms with van der Waals surface area (Å²) in [7, 11) is 0. The third-order valence-corrected chi connectivity index (χ3v) is 4.21.